The summed E-state index contributed by atoms with van der Waals surface area (Å²) in [4.78, 5) is 19.7. The van der Waals surface area contributed by atoms with Crippen LogP contribution in [0.25, 0.3) is 16.6 Å². The molecule has 0 saturated heterocycles. The minimum Gasteiger partial charge on any atom is -0.370 e. The standard InChI is InChI=1S/C15H13N5O/c16-15(17)19-14(21)11-6-8-20(9-11)13-12-4-2-1-3-10(12)5-7-18-13/h1-9H,(H4,16,17,19,21). The van der Waals surface area contributed by atoms with E-state index in [9.17, 15) is 4.79 Å². The van der Waals surface area contributed by atoms with Gasteiger partial charge in [-0.15, -0.1) is 0 Å². The summed E-state index contributed by atoms with van der Waals surface area (Å²) in [6, 6.07) is 11.5. The number of amides is 1. The zero-order valence-corrected chi connectivity index (χ0v) is 11.1. The Morgan fingerprint density at radius 1 is 1.14 bits per heavy atom. The Labute approximate surface area is 120 Å². The van der Waals surface area contributed by atoms with Crippen molar-refractivity contribution >= 4 is 22.6 Å². The van der Waals surface area contributed by atoms with Crippen LogP contribution in [0.1, 0.15) is 10.4 Å². The van der Waals surface area contributed by atoms with Crippen LogP contribution < -0.4 is 11.5 Å². The summed E-state index contributed by atoms with van der Waals surface area (Å²) >= 11 is 0. The number of aliphatic imine (C=N–C) groups is 1. The van der Waals surface area contributed by atoms with Crippen molar-refractivity contribution in [1.82, 2.24) is 9.55 Å². The van der Waals surface area contributed by atoms with Crippen LogP contribution in [-0.2, 0) is 0 Å². The molecule has 4 N–H and O–H groups in total. The highest BCUT2D eigenvalue weighted by Gasteiger charge is 2.09. The molecule has 0 aliphatic heterocycles. The summed E-state index contributed by atoms with van der Waals surface area (Å²) in [6.07, 6.45) is 5.14. The fourth-order valence-electron chi connectivity index (χ4n) is 2.15. The summed E-state index contributed by atoms with van der Waals surface area (Å²) in [5.74, 6) is 0.0156. The lowest BCUT2D eigenvalue weighted by Gasteiger charge is -2.05. The first kappa shape index (κ1) is 12.9. The van der Waals surface area contributed by atoms with Crippen molar-refractivity contribution in [1.29, 1.82) is 0 Å². The van der Waals surface area contributed by atoms with Crippen molar-refractivity contribution in [2.45, 2.75) is 0 Å². The van der Waals surface area contributed by atoms with Gasteiger partial charge in [-0.3, -0.25) is 4.79 Å². The van der Waals surface area contributed by atoms with E-state index in [0.717, 1.165) is 16.6 Å². The molecule has 21 heavy (non-hydrogen) atoms. The maximum Gasteiger partial charge on any atom is 0.281 e. The molecule has 1 aromatic carbocycles. The van der Waals surface area contributed by atoms with Gasteiger partial charge in [0.15, 0.2) is 5.96 Å². The summed E-state index contributed by atoms with van der Waals surface area (Å²) in [5.41, 5.74) is 10.8. The molecular formula is C15H13N5O. The molecule has 3 aromatic rings. The van der Waals surface area contributed by atoms with E-state index in [-0.39, 0.29) is 5.96 Å². The van der Waals surface area contributed by atoms with Gasteiger partial charge in [-0.25, -0.2) is 4.98 Å². The Morgan fingerprint density at radius 2 is 1.95 bits per heavy atom. The number of carbonyl (C=O) groups excluding carboxylic acids is 1. The number of carbonyl (C=O) groups is 1. The molecule has 2 heterocycles. The molecule has 3 rings (SSSR count). The van der Waals surface area contributed by atoms with Crippen LogP contribution in [0.3, 0.4) is 0 Å². The van der Waals surface area contributed by atoms with Crippen LogP contribution in [0, 0.1) is 0 Å². The van der Waals surface area contributed by atoms with Crippen LogP contribution >= 0.6 is 0 Å². The topological polar surface area (TPSA) is 99.3 Å². The van der Waals surface area contributed by atoms with E-state index < -0.39 is 5.91 Å². The van der Waals surface area contributed by atoms with Gasteiger partial charge in [0.2, 0.25) is 0 Å². The molecule has 0 saturated carbocycles. The third kappa shape index (κ3) is 2.46. The molecule has 6 heteroatoms. The number of pyridine rings is 1. The lowest BCUT2D eigenvalue weighted by atomic mass is 10.1. The maximum atomic E-state index is 11.8. The molecule has 6 nitrogen and oxygen atoms in total. The number of hydrogen-bond acceptors (Lipinski definition) is 2. The Kier molecular flexibility index (Phi) is 3.12. The Hall–Kier alpha value is -3.15. The van der Waals surface area contributed by atoms with Gasteiger partial charge >= 0.3 is 0 Å². The van der Waals surface area contributed by atoms with Gasteiger partial charge in [0, 0.05) is 24.0 Å². The molecule has 0 aliphatic carbocycles. The van der Waals surface area contributed by atoms with Gasteiger partial charge in [0.1, 0.15) is 5.82 Å². The first-order valence-corrected chi connectivity index (χ1v) is 6.31. The zero-order chi connectivity index (χ0) is 14.8. The van der Waals surface area contributed by atoms with E-state index >= 15 is 0 Å². The fourth-order valence-corrected chi connectivity index (χ4v) is 2.15. The number of nitrogens with two attached hydrogens (primary N) is 2. The van der Waals surface area contributed by atoms with Crippen molar-refractivity contribution in [2.24, 2.45) is 16.5 Å². The minimum absolute atomic E-state index is 0.254. The number of rotatable bonds is 2. The van der Waals surface area contributed by atoms with Crippen molar-refractivity contribution in [2.75, 3.05) is 0 Å². The van der Waals surface area contributed by atoms with Crippen LogP contribution in [0.5, 0.6) is 0 Å². The predicted octanol–water partition coefficient (Wildman–Crippen LogP) is 1.44. The fraction of sp³-hybridized carbons (Fsp3) is 0. The van der Waals surface area contributed by atoms with Gasteiger partial charge < -0.3 is 16.0 Å². The summed E-state index contributed by atoms with van der Waals surface area (Å²) in [5, 5.41) is 2.07. The van der Waals surface area contributed by atoms with Crippen molar-refractivity contribution < 1.29 is 4.79 Å². The van der Waals surface area contributed by atoms with Crippen molar-refractivity contribution in [3.05, 3.63) is 60.6 Å². The molecule has 0 unspecified atom stereocenters. The number of hydrogen-bond donors (Lipinski definition) is 2. The molecule has 0 fully saturated rings. The maximum absolute atomic E-state index is 11.8. The number of aromatic nitrogens is 2. The molecule has 1 amide bonds. The largest absolute Gasteiger partial charge is 0.370 e. The normalized spacial score (nSPS) is 10.5. The van der Waals surface area contributed by atoms with Gasteiger partial charge in [0.25, 0.3) is 5.91 Å². The molecule has 0 bridgehead atoms. The molecule has 0 atom stereocenters. The van der Waals surface area contributed by atoms with E-state index in [1.54, 1.807) is 29.2 Å². The Bertz CT molecular complexity index is 841. The molecule has 2 aromatic heterocycles. The van der Waals surface area contributed by atoms with Crippen LogP contribution in [0.15, 0.2) is 60.0 Å². The highest BCUT2D eigenvalue weighted by Crippen LogP contribution is 2.20. The average molecular weight is 279 g/mol. The monoisotopic (exact) mass is 279 g/mol. The summed E-state index contributed by atoms with van der Waals surface area (Å²) in [6.45, 7) is 0. The lowest BCUT2D eigenvalue weighted by molar-refractivity contribution is 0.100. The molecule has 104 valence electrons. The number of nitrogens with zero attached hydrogens (tertiary/aromatic N) is 3. The first-order chi connectivity index (χ1) is 10.1. The van der Waals surface area contributed by atoms with Gasteiger partial charge in [0.05, 0.1) is 5.56 Å². The smallest absolute Gasteiger partial charge is 0.281 e. The van der Waals surface area contributed by atoms with Crippen LogP contribution in [-0.4, -0.2) is 21.4 Å². The lowest BCUT2D eigenvalue weighted by Crippen LogP contribution is -2.24. The second-order valence-corrected chi connectivity index (χ2v) is 4.50. The highest BCUT2D eigenvalue weighted by atomic mass is 16.1. The molecular weight excluding hydrogens is 266 g/mol. The number of fused-ring (bicyclic) bond motifs is 1. The van der Waals surface area contributed by atoms with E-state index in [2.05, 4.69) is 9.98 Å². The quantitative estimate of drug-likeness (QED) is 0.547. The molecule has 0 radical (unpaired) electrons. The number of guanidine groups is 1. The van der Waals surface area contributed by atoms with E-state index in [0.29, 0.717) is 5.56 Å². The van der Waals surface area contributed by atoms with E-state index in [1.807, 2.05) is 30.3 Å². The Morgan fingerprint density at radius 3 is 2.76 bits per heavy atom. The van der Waals surface area contributed by atoms with Crippen molar-refractivity contribution in [3.8, 4) is 5.82 Å². The van der Waals surface area contributed by atoms with Gasteiger partial charge in [-0.2, -0.15) is 4.99 Å². The number of benzene rings is 1. The second kappa shape index (κ2) is 5.09. The SMILES string of the molecule is NC(N)=NC(=O)c1ccn(-c2nccc3ccccc23)c1. The summed E-state index contributed by atoms with van der Waals surface area (Å²) in [7, 11) is 0. The molecule has 0 aliphatic rings. The van der Waals surface area contributed by atoms with Gasteiger partial charge in [-0.1, -0.05) is 24.3 Å². The third-order valence-electron chi connectivity index (χ3n) is 3.07. The average Bonchev–Trinajstić information content (AvgIpc) is 2.95. The van der Waals surface area contributed by atoms with Crippen molar-refractivity contribution in [3.63, 3.8) is 0 Å². The zero-order valence-electron chi connectivity index (χ0n) is 11.1. The molecule has 0 spiro atoms. The van der Waals surface area contributed by atoms with Crippen LogP contribution in [0.4, 0.5) is 0 Å². The van der Waals surface area contributed by atoms with E-state index in [4.69, 9.17) is 11.5 Å². The Balaban J connectivity index is 2.07. The highest BCUT2D eigenvalue weighted by molar-refractivity contribution is 6.02. The van der Waals surface area contributed by atoms with E-state index in [1.165, 1.54) is 0 Å². The second-order valence-electron chi connectivity index (χ2n) is 4.50. The minimum atomic E-state index is -0.478. The first-order valence-electron chi connectivity index (χ1n) is 6.31. The summed E-state index contributed by atoms with van der Waals surface area (Å²) < 4.78 is 1.78. The van der Waals surface area contributed by atoms with Gasteiger partial charge in [-0.05, 0) is 17.5 Å². The predicted molar refractivity (Wildman–Crippen MR) is 81.2 cm³/mol. The van der Waals surface area contributed by atoms with Crippen LogP contribution in [0.2, 0.25) is 0 Å². The third-order valence-corrected chi connectivity index (χ3v) is 3.07.